The number of aliphatic carboxylic acids is 1. The largest absolute Gasteiger partial charge is 0.480 e. The number of rotatable bonds is 7. The average molecular weight is 396 g/mol. The number of benzene rings is 1. The quantitative estimate of drug-likeness (QED) is 0.775. The highest BCUT2D eigenvalue weighted by Crippen LogP contribution is 2.18. The van der Waals surface area contributed by atoms with E-state index in [-0.39, 0.29) is 25.6 Å². The Bertz CT molecular complexity index is 727. The van der Waals surface area contributed by atoms with Crippen LogP contribution in [0, 0.1) is 6.92 Å². The van der Waals surface area contributed by atoms with Crippen LogP contribution in [0.1, 0.15) is 16.1 Å². The lowest BCUT2D eigenvalue weighted by molar-refractivity contribution is -0.137. The zero-order chi connectivity index (χ0) is 17.7. The number of ether oxygens (including phenoxy) is 1. The van der Waals surface area contributed by atoms with Gasteiger partial charge in [-0.15, -0.1) is 0 Å². The third kappa shape index (κ3) is 4.21. The van der Waals surface area contributed by atoms with Gasteiger partial charge in [0.05, 0.1) is 29.7 Å². The first-order valence-corrected chi connectivity index (χ1v) is 8.04. The number of carboxylic acid groups (broad SMARTS) is 1. The van der Waals surface area contributed by atoms with Gasteiger partial charge in [0.15, 0.2) is 0 Å². The van der Waals surface area contributed by atoms with E-state index in [2.05, 4.69) is 21.0 Å². The number of halogens is 1. The second-order valence-electron chi connectivity index (χ2n) is 5.15. The molecular weight excluding hydrogens is 378 g/mol. The maximum atomic E-state index is 12.7. The van der Waals surface area contributed by atoms with Gasteiger partial charge in [0, 0.05) is 18.1 Å². The van der Waals surface area contributed by atoms with Gasteiger partial charge in [-0.25, -0.2) is 4.68 Å². The molecule has 7 nitrogen and oxygen atoms in total. The van der Waals surface area contributed by atoms with Crippen LogP contribution in [0.15, 0.2) is 34.9 Å². The van der Waals surface area contributed by atoms with Crippen LogP contribution in [0.4, 0.5) is 0 Å². The maximum Gasteiger partial charge on any atom is 0.323 e. The minimum atomic E-state index is -1.07. The summed E-state index contributed by atoms with van der Waals surface area (Å²) in [4.78, 5) is 24.9. The Morgan fingerprint density at radius 2 is 2.00 bits per heavy atom. The van der Waals surface area contributed by atoms with E-state index in [1.807, 2.05) is 24.3 Å². The Labute approximate surface area is 148 Å². The summed E-state index contributed by atoms with van der Waals surface area (Å²) in [6, 6.07) is 7.51. The van der Waals surface area contributed by atoms with Crippen molar-refractivity contribution in [1.82, 2.24) is 14.7 Å². The molecule has 0 aliphatic carbocycles. The van der Waals surface area contributed by atoms with E-state index in [4.69, 9.17) is 9.84 Å². The molecule has 1 amide bonds. The van der Waals surface area contributed by atoms with E-state index in [0.717, 1.165) is 10.2 Å². The normalized spacial score (nSPS) is 10.6. The first-order chi connectivity index (χ1) is 11.4. The van der Waals surface area contributed by atoms with Gasteiger partial charge in [0.25, 0.3) is 5.91 Å². The number of carbonyl (C=O) groups is 2. The van der Waals surface area contributed by atoms with E-state index >= 15 is 0 Å². The number of carbonyl (C=O) groups excluding carboxylic acids is 1. The van der Waals surface area contributed by atoms with Crippen molar-refractivity contribution in [3.8, 4) is 5.69 Å². The van der Waals surface area contributed by atoms with Crippen LogP contribution in [-0.2, 0) is 9.53 Å². The molecule has 0 fully saturated rings. The topological polar surface area (TPSA) is 84.7 Å². The number of carboxylic acids is 1. The number of hydrogen-bond donors (Lipinski definition) is 1. The highest BCUT2D eigenvalue weighted by molar-refractivity contribution is 9.10. The zero-order valence-corrected chi connectivity index (χ0v) is 15.0. The van der Waals surface area contributed by atoms with Crippen molar-refractivity contribution in [1.29, 1.82) is 0 Å². The Morgan fingerprint density at radius 1 is 1.33 bits per heavy atom. The second-order valence-corrected chi connectivity index (χ2v) is 6.06. The summed E-state index contributed by atoms with van der Waals surface area (Å²) in [5.41, 5.74) is 1.84. The van der Waals surface area contributed by atoms with Gasteiger partial charge in [-0.3, -0.25) is 9.59 Å². The molecule has 128 valence electrons. The van der Waals surface area contributed by atoms with E-state index in [9.17, 15) is 9.59 Å². The van der Waals surface area contributed by atoms with Crippen LogP contribution >= 0.6 is 15.9 Å². The minimum absolute atomic E-state index is 0.199. The summed E-state index contributed by atoms with van der Waals surface area (Å²) >= 11 is 3.37. The summed E-state index contributed by atoms with van der Waals surface area (Å²) in [7, 11) is 1.50. The molecule has 1 N–H and O–H groups in total. The van der Waals surface area contributed by atoms with Crippen molar-refractivity contribution >= 4 is 27.8 Å². The lowest BCUT2D eigenvalue weighted by Gasteiger charge is -2.20. The molecular formula is C16H18BrN3O4. The molecule has 2 aromatic rings. The molecule has 0 aliphatic rings. The predicted molar refractivity (Wildman–Crippen MR) is 91.4 cm³/mol. The third-order valence-electron chi connectivity index (χ3n) is 3.49. The molecule has 0 bridgehead atoms. The predicted octanol–water partition coefficient (Wildman–Crippen LogP) is 2.12. The number of methoxy groups -OCH3 is 1. The van der Waals surface area contributed by atoms with E-state index in [1.165, 1.54) is 18.2 Å². The molecule has 0 atom stereocenters. The molecule has 0 saturated carbocycles. The average Bonchev–Trinajstić information content (AvgIpc) is 2.93. The lowest BCUT2D eigenvalue weighted by Crippen LogP contribution is -2.38. The molecule has 2 rings (SSSR count). The van der Waals surface area contributed by atoms with Crippen molar-refractivity contribution in [2.24, 2.45) is 0 Å². The smallest absolute Gasteiger partial charge is 0.323 e. The highest BCUT2D eigenvalue weighted by Gasteiger charge is 2.22. The van der Waals surface area contributed by atoms with Crippen LogP contribution in [0.5, 0.6) is 0 Å². The summed E-state index contributed by atoms with van der Waals surface area (Å²) in [6.45, 7) is 1.85. The van der Waals surface area contributed by atoms with Crippen molar-refractivity contribution in [2.75, 3.05) is 26.8 Å². The van der Waals surface area contributed by atoms with Gasteiger partial charge in [-0.05, 0) is 31.2 Å². The first-order valence-electron chi connectivity index (χ1n) is 7.24. The summed E-state index contributed by atoms with van der Waals surface area (Å²) in [5.74, 6) is -1.45. The van der Waals surface area contributed by atoms with Crippen molar-refractivity contribution < 1.29 is 19.4 Å². The number of nitrogens with zero attached hydrogens (tertiary/aromatic N) is 3. The SMILES string of the molecule is COCCN(CC(=O)O)C(=O)c1cnn(-c2ccc(Br)cc2)c1C. The van der Waals surface area contributed by atoms with Gasteiger partial charge in [-0.2, -0.15) is 5.10 Å². The van der Waals surface area contributed by atoms with Crippen LogP contribution in [0.2, 0.25) is 0 Å². The van der Waals surface area contributed by atoms with Gasteiger partial charge >= 0.3 is 5.97 Å². The summed E-state index contributed by atoms with van der Waals surface area (Å²) in [6.07, 6.45) is 1.46. The fourth-order valence-electron chi connectivity index (χ4n) is 2.25. The molecule has 1 heterocycles. The third-order valence-corrected chi connectivity index (χ3v) is 4.02. The molecule has 0 saturated heterocycles. The fraction of sp³-hybridized carbons (Fsp3) is 0.312. The van der Waals surface area contributed by atoms with Crippen LogP contribution in [-0.4, -0.2) is 58.5 Å². The highest BCUT2D eigenvalue weighted by atomic mass is 79.9. The monoisotopic (exact) mass is 395 g/mol. The Morgan fingerprint density at radius 3 is 2.58 bits per heavy atom. The van der Waals surface area contributed by atoms with Crippen LogP contribution < -0.4 is 0 Å². The molecule has 0 unspecified atom stereocenters. The molecule has 8 heteroatoms. The van der Waals surface area contributed by atoms with Crippen LogP contribution in [0.3, 0.4) is 0 Å². The van der Waals surface area contributed by atoms with Crippen molar-refractivity contribution in [3.05, 3.63) is 46.2 Å². The number of hydrogen-bond acceptors (Lipinski definition) is 4. The Kier molecular flexibility index (Phi) is 6.10. The zero-order valence-electron chi connectivity index (χ0n) is 13.4. The van der Waals surface area contributed by atoms with Crippen molar-refractivity contribution in [3.63, 3.8) is 0 Å². The molecule has 1 aromatic heterocycles. The number of amides is 1. The van der Waals surface area contributed by atoms with Gasteiger partial charge < -0.3 is 14.7 Å². The molecule has 1 aromatic carbocycles. The minimum Gasteiger partial charge on any atom is -0.480 e. The second kappa shape index (κ2) is 8.07. The summed E-state index contributed by atoms with van der Waals surface area (Å²) in [5, 5.41) is 13.3. The van der Waals surface area contributed by atoms with Crippen molar-refractivity contribution in [2.45, 2.75) is 6.92 Å². The van der Waals surface area contributed by atoms with E-state index < -0.39 is 5.97 Å². The Balaban J connectivity index is 2.28. The van der Waals surface area contributed by atoms with E-state index in [1.54, 1.807) is 11.6 Å². The molecule has 0 aliphatic heterocycles. The van der Waals surface area contributed by atoms with Gasteiger partial charge in [0.2, 0.25) is 0 Å². The lowest BCUT2D eigenvalue weighted by atomic mass is 10.2. The van der Waals surface area contributed by atoms with E-state index in [0.29, 0.717) is 11.3 Å². The summed E-state index contributed by atoms with van der Waals surface area (Å²) < 4.78 is 7.54. The fourth-order valence-corrected chi connectivity index (χ4v) is 2.51. The Hall–Kier alpha value is -2.19. The van der Waals surface area contributed by atoms with Gasteiger partial charge in [-0.1, -0.05) is 15.9 Å². The number of aromatic nitrogens is 2. The molecule has 0 radical (unpaired) electrons. The molecule has 24 heavy (non-hydrogen) atoms. The standard InChI is InChI=1S/C16H18BrN3O4/c1-11-14(16(23)19(7-8-24-2)10-15(21)22)9-18-20(11)13-5-3-12(17)4-6-13/h3-6,9H,7-8,10H2,1-2H3,(H,21,22). The molecule has 0 spiro atoms. The maximum absolute atomic E-state index is 12.7. The van der Waals surface area contributed by atoms with Gasteiger partial charge in [0.1, 0.15) is 6.54 Å². The first kappa shape index (κ1) is 18.2. The van der Waals surface area contributed by atoms with Crippen LogP contribution in [0.25, 0.3) is 5.69 Å².